The van der Waals surface area contributed by atoms with E-state index in [2.05, 4.69) is 194 Å². The molecule has 0 fully saturated rings. The number of hydrogen-bond donors (Lipinski definition) is 0. The Balaban J connectivity index is 0.000000334. The first-order valence-electron chi connectivity index (χ1n) is 17.2. The summed E-state index contributed by atoms with van der Waals surface area (Å²) in [6, 6.07) is 53.5. The van der Waals surface area contributed by atoms with Gasteiger partial charge in [0, 0.05) is 0 Å². The van der Waals surface area contributed by atoms with Crippen molar-refractivity contribution in [2.75, 3.05) is 0 Å². The Morgan fingerprint density at radius 1 is 0.352 bits per heavy atom. The van der Waals surface area contributed by atoms with Crippen LogP contribution < -0.4 is 0 Å². The van der Waals surface area contributed by atoms with E-state index in [4.69, 9.17) is 0 Å². The third kappa shape index (κ3) is 10.3. The molecule has 0 bridgehead atoms. The SMILES string of the molecule is Cc1ccc(-c2ccc(-c3ccc(C)cc3)c3[cH-]c(C)cc23)cc1.Cc1ccc(-c2ccc(-c3ccc(C)cc3)c3[cH-]c(C)cc23)cc1.Cl.Cl.[CH3-].[CH3-].[Si]=[Zr]. The standard InChI is InChI=1S/2C24H21.2CH3.2ClH.Si.Zr/c2*1-16-4-8-19(9-5-16)21-12-13-22(20-10-6-17(2)7-11-20)24-15-18(3)14-23(21)24;;;;;;/h2*4-15H,1-3H3;2*1H3;2*1H;;/q4*-1;;;;. The Bertz CT molecular complexity index is 2040. The normalized spacial score (nSPS) is 9.94. The Morgan fingerprint density at radius 2 is 0.574 bits per heavy atom. The van der Waals surface area contributed by atoms with E-state index in [0.29, 0.717) is 0 Å². The molecule has 0 aliphatic rings. The van der Waals surface area contributed by atoms with Gasteiger partial charge in [-0.2, -0.15) is 12.1 Å². The Labute approximate surface area is 353 Å². The number of rotatable bonds is 4. The predicted molar refractivity (Wildman–Crippen MR) is 242 cm³/mol. The molecule has 8 rings (SSSR count). The van der Waals surface area contributed by atoms with Crippen LogP contribution in [0.1, 0.15) is 33.4 Å². The third-order valence-electron chi connectivity index (χ3n) is 9.51. The summed E-state index contributed by atoms with van der Waals surface area (Å²) in [5.41, 5.74) is 18.2. The zero-order valence-corrected chi connectivity index (χ0v) is 37.8. The molecule has 8 aromatic carbocycles. The van der Waals surface area contributed by atoms with Crippen molar-refractivity contribution in [1.29, 1.82) is 0 Å². The van der Waals surface area contributed by atoms with Crippen LogP contribution in [0.15, 0.2) is 146 Å². The molecule has 0 aliphatic carbocycles. The quantitative estimate of drug-likeness (QED) is 0.122. The van der Waals surface area contributed by atoms with E-state index in [1.807, 2.05) is 0 Å². The van der Waals surface area contributed by atoms with Gasteiger partial charge >= 0.3 is 30.2 Å². The van der Waals surface area contributed by atoms with Gasteiger partial charge in [-0.1, -0.05) is 191 Å². The molecule has 54 heavy (non-hydrogen) atoms. The first-order valence-corrected chi connectivity index (χ1v) is 21.4. The topological polar surface area (TPSA) is 0 Å². The summed E-state index contributed by atoms with van der Waals surface area (Å²) >= 11 is 1.36. The van der Waals surface area contributed by atoms with Gasteiger partial charge in [-0.3, -0.25) is 0 Å². The predicted octanol–water partition coefficient (Wildman–Crippen LogP) is 15.0. The number of benzene rings is 6. The van der Waals surface area contributed by atoms with Crippen LogP contribution in [0.2, 0.25) is 0 Å². The molecule has 0 unspecified atom stereocenters. The average Bonchev–Trinajstić information content (AvgIpc) is 3.72. The number of aryl methyl sites for hydroxylation is 6. The zero-order valence-electron chi connectivity index (χ0n) is 32.7. The van der Waals surface area contributed by atoms with E-state index >= 15 is 0 Å². The second-order valence-corrected chi connectivity index (χ2v) is 13.5. The Morgan fingerprint density at radius 3 is 0.833 bits per heavy atom. The molecule has 0 saturated carbocycles. The summed E-state index contributed by atoms with van der Waals surface area (Å²) in [5, 5.41) is 5.37. The van der Waals surface area contributed by atoms with E-state index in [1.165, 1.54) is 123 Å². The van der Waals surface area contributed by atoms with Gasteiger partial charge in [0.05, 0.1) is 0 Å². The Hall–Kier alpha value is -3.78. The van der Waals surface area contributed by atoms with Crippen molar-refractivity contribution in [3.63, 3.8) is 0 Å². The van der Waals surface area contributed by atoms with Crippen LogP contribution in [-0.2, 0) is 23.3 Å². The molecule has 0 aliphatic heterocycles. The first kappa shape index (κ1) is 46.4. The van der Waals surface area contributed by atoms with Crippen LogP contribution in [0.5, 0.6) is 0 Å². The number of halogens is 2. The molecule has 0 saturated heterocycles. The summed E-state index contributed by atoms with van der Waals surface area (Å²) in [5.74, 6) is 0. The van der Waals surface area contributed by atoms with Crippen molar-refractivity contribution in [3.8, 4) is 44.5 Å². The molecule has 0 nitrogen and oxygen atoms in total. The van der Waals surface area contributed by atoms with Crippen molar-refractivity contribution in [3.05, 3.63) is 194 Å². The van der Waals surface area contributed by atoms with Gasteiger partial charge in [0.15, 0.2) is 0 Å². The van der Waals surface area contributed by atoms with Gasteiger partial charge < -0.3 is 14.9 Å². The molecule has 4 heteroatoms. The molecule has 0 amide bonds. The fraction of sp³-hybridized carbons (Fsp3) is 0.120. The van der Waals surface area contributed by atoms with Gasteiger partial charge in [-0.15, -0.1) is 69.6 Å². The van der Waals surface area contributed by atoms with Crippen LogP contribution in [0.3, 0.4) is 0 Å². The number of hydrogen-bond acceptors (Lipinski definition) is 0. The molecule has 0 heterocycles. The van der Waals surface area contributed by atoms with Crippen LogP contribution in [0.25, 0.3) is 66.1 Å². The van der Waals surface area contributed by atoms with E-state index in [1.54, 1.807) is 0 Å². The molecular weight excluding hydrogens is 791 g/mol. The zero-order chi connectivity index (χ0) is 35.4. The minimum atomic E-state index is 0. The van der Waals surface area contributed by atoms with Crippen molar-refractivity contribution >= 4 is 53.2 Å². The van der Waals surface area contributed by atoms with Crippen molar-refractivity contribution in [2.45, 2.75) is 41.5 Å². The Kier molecular flexibility index (Phi) is 17.8. The second-order valence-electron chi connectivity index (χ2n) is 13.5. The van der Waals surface area contributed by atoms with Gasteiger partial charge in [0.25, 0.3) is 0 Å². The van der Waals surface area contributed by atoms with Crippen molar-refractivity contribution in [1.82, 2.24) is 0 Å². The summed E-state index contributed by atoms with van der Waals surface area (Å²) in [6.45, 7) is 15.9. The molecule has 0 spiro atoms. The maximum atomic E-state index is 3.06. The molecule has 276 valence electrons. The fourth-order valence-electron chi connectivity index (χ4n) is 6.83. The summed E-state index contributed by atoms with van der Waals surface area (Å²) < 4.78 is 0. The summed E-state index contributed by atoms with van der Waals surface area (Å²) in [6.07, 6.45) is 0. The van der Waals surface area contributed by atoms with Gasteiger partial charge in [-0.05, 0) is 38.8 Å². The van der Waals surface area contributed by atoms with E-state index in [-0.39, 0.29) is 39.7 Å². The first-order chi connectivity index (χ1) is 24.2. The number of fused-ring (bicyclic) bond motifs is 2. The summed E-state index contributed by atoms with van der Waals surface area (Å²) in [7, 11) is 0. The molecule has 8 aromatic rings. The maximum absolute atomic E-state index is 3.06. The third-order valence-corrected chi connectivity index (χ3v) is 9.51. The second kappa shape index (κ2) is 20.8. The van der Waals surface area contributed by atoms with Crippen LogP contribution in [-0.4, -0.2) is 6.88 Å². The minimum absolute atomic E-state index is 0. The van der Waals surface area contributed by atoms with Crippen LogP contribution >= 0.6 is 24.8 Å². The molecular formula is C50H50Cl2SiZr-4. The van der Waals surface area contributed by atoms with Crippen LogP contribution in [0.4, 0.5) is 0 Å². The van der Waals surface area contributed by atoms with E-state index in [9.17, 15) is 0 Å². The molecule has 0 N–H and O–H groups in total. The van der Waals surface area contributed by atoms with Crippen molar-refractivity contribution in [2.24, 2.45) is 0 Å². The van der Waals surface area contributed by atoms with Gasteiger partial charge in [-0.25, -0.2) is 0 Å². The fourth-order valence-corrected chi connectivity index (χ4v) is 6.83. The van der Waals surface area contributed by atoms with Crippen LogP contribution in [0, 0.1) is 56.4 Å². The van der Waals surface area contributed by atoms with Gasteiger partial charge in [0.2, 0.25) is 0 Å². The van der Waals surface area contributed by atoms with Gasteiger partial charge in [0.1, 0.15) is 0 Å². The molecule has 0 aromatic heterocycles. The monoisotopic (exact) mass is 838 g/mol. The molecule has 0 atom stereocenters. The van der Waals surface area contributed by atoms with E-state index < -0.39 is 0 Å². The molecule has 2 radical (unpaired) electrons. The van der Waals surface area contributed by atoms with Crippen molar-refractivity contribution < 1.29 is 23.3 Å². The average molecular weight is 841 g/mol. The summed E-state index contributed by atoms with van der Waals surface area (Å²) in [4.78, 5) is 0. The van der Waals surface area contributed by atoms with E-state index in [0.717, 1.165) is 0 Å².